The summed E-state index contributed by atoms with van der Waals surface area (Å²) in [4.78, 5) is 15.0. The second-order valence-corrected chi connectivity index (χ2v) is 5.37. The number of amides is 2. The van der Waals surface area contributed by atoms with Crippen LogP contribution in [-0.4, -0.2) is 48.8 Å². The number of benzene rings is 1. The molecule has 1 aliphatic heterocycles. The van der Waals surface area contributed by atoms with E-state index in [0.29, 0.717) is 13.1 Å². The molecule has 126 valence electrons. The molecule has 1 aliphatic rings. The first kappa shape index (κ1) is 17.2. The molecule has 1 heterocycles. The van der Waals surface area contributed by atoms with Crippen molar-refractivity contribution in [2.24, 2.45) is 0 Å². The summed E-state index contributed by atoms with van der Waals surface area (Å²) in [7, 11) is 0. The van der Waals surface area contributed by atoms with Crippen LogP contribution in [0.1, 0.15) is 12.8 Å². The predicted molar refractivity (Wildman–Crippen MR) is 85.7 cm³/mol. The van der Waals surface area contributed by atoms with E-state index in [4.69, 9.17) is 5.11 Å². The fourth-order valence-electron chi connectivity index (χ4n) is 2.64. The van der Waals surface area contributed by atoms with Crippen LogP contribution in [0.25, 0.3) is 0 Å². The van der Waals surface area contributed by atoms with Gasteiger partial charge in [0.1, 0.15) is 5.69 Å². The van der Waals surface area contributed by atoms with E-state index in [9.17, 15) is 13.6 Å². The first-order valence-electron chi connectivity index (χ1n) is 7.58. The van der Waals surface area contributed by atoms with Gasteiger partial charge < -0.3 is 20.2 Å². The molecular formula is C16H21F2N3O2. The third kappa shape index (κ3) is 4.19. The zero-order valence-corrected chi connectivity index (χ0v) is 12.9. The van der Waals surface area contributed by atoms with Crippen molar-refractivity contribution >= 4 is 17.4 Å². The third-order valence-electron chi connectivity index (χ3n) is 3.70. The summed E-state index contributed by atoms with van der Waals surface area (Å²) in [6.07, 6.45) is 3.33. The highest BCUT2D eigenvalue weighted by molar-refractivity contribution is 5.89. The van der Waals surface area contributed by atoms with E-state index in [1.54, 1.807) is 4.90 Å². The van der Waals surface area contributed by atoms with E-state index in [1.165, 1.54) is 11.0 Å². The Bertz CT molecular complexity index is 551. The monoisotopic (exact) mass is 325 g/mol. The van der Waals surface area contributed by atoms with Gasteiger partial charge in [0.15, 0.2) is 11.6 Å². The number of hydrogen-bond acceptors (Lipinski definition) is 3. The standard InChI is InChI=1S/C16H21F2N3O2/c1-2-5-21(8-9-22)16(23)19-12-10-13(17)15(14(18)11-12)20-6-3-4-7-20/h2,10-11,22H,1,3-9H2,(H,19,23). The lowest BCUT2D eigenvalue weighted by Crippen LogP contribution is -2.37. The van der Waals surface area contributed by atoms with Crippen LogP contribution in [0.3, 0.4) is 0 Å². The lowest BCUT2D eigenvalue weighted by Gasteiger charge is -2.22. The Balaban J connectivity index is 2.14. The second-order valence-electron chi connectivity index (χ2n) is 5.37. The average molecular weight is 325 g/mol. The molecule has 0 unspecified atom stereocenters. The maximum atomic E-state index is 14.2. The zero-order chi connectivity index (χ0) is 16.8. The highest BCUT2D eigenvalue weighted by Gasteiger charge is 2.22. The molecule has 7 heteroatoms. The highest BCUT2D eigenvalue weighted by Crippen LogP contribution is 2.29. The van der Waals surface area contributed by atoms with Gasteiger partial charge in [-0.15, -0.1) is 6.58 Å². The summed E-state index contributed by atoms with van der Waals surface area (Å²) in [5.74, 6) is -1.39. The Morgan fingerprint density at radius 2 is 1.96 bits per heavy atom. The van der Waals surface area contributed by atoms with E-state index in [0.717, 1.165) is 25.0 Å². The number of halogens is 2. The molecule has 1 fully saturated rings. The number of nitrogens with one attached hydrogen (secondary N) is 1. The molecular weight excluding hydrogens is 304 g/mol. The molecule has 0 aliphatic carbocycles. The molecule has 2 rings (SSSR count). The van der Waals surface area contributed by atoms with Gasteiger partial charge in [0.2, 0.25) is 0 Å². The molecule has 2 amide bonds. The summed E-state index contributed by atoms with van der Waals surface area (Å²) < 4.78 is 28.4. The van der Waals surface area contributed by atoms with E-state index >= 15 is 0 Å². The smallest absolute Gasteiger partial charge is 0.322 e. The van der Waals surface area contributed by atoms with E-state index in [-0.39, 0.29) is 31.1 Å². The van der Waals surface area contributed by atoms with Gasteiger partial charge in [0.05, 0.1) is 6.61 Å². The van der Waals surface area contributed by atoms with Crippen LogP contribution < -0.4 is 10.2 Å². The lowest BCUT2D eigenvalue weighted by molar-refractivity contribution is 0.195. The number of nitrogens with zero attached hydrogens (tertiary/aromatic N) is 2. The quantitative estimate of drug-likeness (QED) is 0.791. The minimum absolute atomic E-state index is 0.0416. The van der Waals surface area contributed by atoms with Crippen LogP contribution in [0.2, 0.25) is 0 Å². The van der Waals surface area contributed by atoms with Gasteiger partial charge >= 0.3 is 6.03 Å². The largest absolute Gasteiger partial charge is 0.395 e. The van der Waals surface area contributed by atoms with Crippen molar-refractivity contribution in [3.8, 4) is 0 Å². The summed E-state index contributed by atoms with van der Waals surface area (Å²) in [5, 5.41) is 11.4. The number of aliphatic hydroxyl groups is 1. The molecule has 1 aromatic carbocycles. The van der Waals surface area contributed by atoms with Crippen LogP contribution in [0.4, 0.5) is 25.0 Å². The number of carbonyl (C=O) groups excluding carboxylic acids is 1. The van der Waals surface area contributed by atoms with Crippen LogP contribution in [0, 0.1) is 11.6 Å². The minimum atomic E-state index is -0.695. The third-order valence-corrected chi connectivity index (χ3v) is 3.70. The Labute approximate surface area is 134 Å². The van der Waals surface area contributed by atoms with Gasteiger partial charge in [-0.25, -0.2) is 13.6 Å². The van der Waals surface area contributed by atoms with E-state index in [1.807, 2.05) is 0 Å². The first-order valence-corrected chi connectivity index (χ1v) is 7.58. The molecule has 0 saturated carbocycles. The Morgan fingerprint density at radius 3 is 2.48 bits per heavy atom. The number of aliphatic hydroxyl groups excluding tert-OH is 1. The molecule has 1 saturated heterocycles. The molecule has 5 nitrogen and oxygen atoms in total. The van der Waals surface area contributed by atoms with Crippen molar-refractivity contribution in [2.45, 2.75) is 12.8 Å². The van der Waals surface area contributed by atoms with Crippen molar-refractivity contribution < 1.29 is 18.7 Å². The molecule has 0 radical (unpaired) electrons. The summed E-state index contributed by atoms with van der Waals surface area (Å²) in [6, 6.07) is 1.67. The maximum Gasteiger partial charge on any atom is 0.322 e. The van der Waals surface area contributed by atoms with E-state index < -0.39 is 17.7 Å². The van der Waals surface area contributed by atoms with Crippen molar-refractivity contribution in [3.05, 3.63) is 36.4 Å². The van der Waals surface area contributed by atoms with Crippen molar-refractivity contribution in [2.75, 3.05) is 43.0 Å². The SMILES string of the molecule is C=CCN(CCO)C(=O)Nc1cc(F)c(N2CCCC2)c(F)c1. The number of hydrogen-bond donors (Lipinski definition) is 2. The lowest BCUT2D eigenvalue weighted by atomic mass is 10.2. The minimum Gasteiger partial charge on any atom is -0.395 e. The normalized spacial score (nSPS) is 14.0. The van der Waals surface area contributed by atoms with E-state index in [2.05, 4.69) is 11.9 Å². The van der Waals surface area contributed by atoms with Crippen LogP contribution in [0.5, 0.6) is 0 Å². The number of urea groups is 1. The van der Waals surface area contributed by atoms with Gasteiger partial charge in [-0.2, -0.15) is 0 Å². The summed E-state index contributed by atoms with van der Waals surface area (Å²) in [5.41, 5.74) is -0.00115. The molecule has 0 bridgehead atoms. The van der Waals surface area contributed by atoms with Gasteiger partial charge in [-0.1, -0.05) is 6.08 Å². The first-order chi connectivity index (χ1) is 11.1. The fourth-order valence-corrected chi connectivity index (χ4v) is 2.64. The van der Waals surface area contributed by atoms with Crippen molar-refractivity contribution in [1.29, 1.82) is 0 Å². The molecule has 23 heavy (non-hydrogen) atoms. The van der Waals surface area contributed by atoms with Crippen LogP contribution in [-0.2, 0) is 0 Å². The van der Waals surface area contributed by atoms with Gasteiger partial charge in [-0.3, -0.25) is 0 Å². The number of carbonyl (C=O) groups is 1. The second kappa shape index (κ2) is 7.92. The molecule has 0 atom stereocenters. The van der Waals surface area contributed by atoms with Crippen molar-refractivity contribution in [1.82, 2.24) is 4.90 Å². The van der Waals surface area contributed by atoms with Gasteiger partial charge in [0, 0.05) is 31.9 Å². The number of rotatable bonds is 6. The fraction of sp³-hybridized carbons (Fsp3) is 0.438. The Kier molecular flexibility index (Phi) is 5.92. The molecule has 1 aromatic rings. The van der Waals surface area contributed by atoms with Gasteiger partial charge in [0.25, 0.3) is 0 Å². The predicted octanol–water partition coefficient (Wildman–Crippen LogP) is 2.58. The summed E-state index contributed by atoms with van der Waals surface area (Å²) in [6.45, 7) is 4.90. The van der Waals surface area contributed by atoms with Crippen LogP contribution in [0.15, 0.2) is 24.8 Å². The topological polar surface area (TPSA) is 55.8 Å². The Morgan fingerprint density at radius 1 is 1.35 bits per heavy atom. The van der Waals surface area contributed by atoms with Crippen molar-refractivity contribution in [3.63, 3.8) is 0 Å². The molecule has 0 spiro atoms. The van der Waals surface area contributed by atoms with Crippen LogP contribution >= 0.6 is 0 Å². The Hall–Kier alpha value is -2.15. The number of anilines is 2. The highest BCUT2D eigenvalue weighted by atomic mass is 19.1. The maximum absolute atomic E-state index is 14.2. The molecule has 0 aromatic heterocycles. The van der Waals surface area contributed by atoms with Gasteiger partial charge in [-0.05, 0) is 25.0 Å². The molecule has 2 N–H and O–H groups in total. The summed E-state index contributed by atoms with van der Waals surface area (Å²) >= 11 is 0. The zero-order valence-electron chi connectivity index (χ0n) is 12.9. The average Bonchev–Trinajstić information content (AvgIpc) is 3.00.